The van der Waals surface area contributed by atoms with Crippen LogP contribution in [0.4, 0.5) is 0 Å². The lowest BCUT2D eigenvalue weighted by Gasteiger charge is -2.29. The van der Waals surface area contributed by atoms with E-state index in [9.17, 15) is 4.79 Å². The average molecular weight is 240 g/mol. The Morgan fingerprint density at radius 1 is 1.35 bits per heavy atom. The molecule has 0 aromatic carbocycles. The first-order valence-electron chi connectivity index (χ1n) is 6.95. The van der Waals surface area contributed by atoms with Crippen molar-refractivity contribution in [2.24, 2.45) is 17.6 Å². The fourth-order valence-electron chi connectivity index (χ4n) is 2.64. The fourth-order valence-corrected chi connectivity index (χ4v) is 2.64. The molecule has 0 bridgehead atoms. The zero-order chi connectivity index (χ0) is 12.9. The molecule has 0 radical (unpaired) electrons. The van der Waals surface area contributed by atoms with Crippen molar-refractivity contribution in [2.75, 3.05) is 6.54 Å². The molecule has 0 aromatic rings. The Kier molecular flexibility index (Phi) is 5.44. The van der Waals surface area contributed by atoms with E-state index in [0.29, 0.717) is 18.9 Å². The standard InChI is InChI=1S/C14H28N2O/c1-11(12-7-5-4-6-8-12)9-13(17)16-14(2,3)10-15/h11-12H,4-10,15H2,1-3H3,(H,16,17). The highest BCUT2D eigenvalue weighted by atomic mass is 16.1. The molecule has 0 saturated heterocycles. The Bertz CT molecular complexity index is 245. The van der Waals surface area contributed by atoms with Crippen molar-refractivity contribution in [2.45, 2.75) is 64.8 Å². The van der Waals surface area contributed by atoms with E-state index < -0.39 is 0 Å². The zero-order valence-electron chi connectivity index (χ0n) is 11.6. The first-order valence-corrected chi connectivity index (χ1v) is 6.95. The van der Waals surface area contributed by atoms with Gasteiger partial charge in [-0.1, -0.05) is 39.0 Å². The lowest BCUT2D eigenvalue weighted by atomic mass is 9.79. The van der Waals surface area contributed by atoms with Gasteiger partial charge in [0, 0.05) is 18.5 Å². The molecular weight excluding hydrogens is 212 g/mol. The summed E-state index contributed by atoms with van der Waals surface area (Å²) in [5.41, 5.74) is 5.34. The maximum atomic E-state index is 11.9. The van der Waals surface area contributed by atoms with Crippen LogP contribution in [0.15, 0.2) is 0 Å². The van der Waals surface area contributed by atoms with E-state index in [1.807, 2.05) is 13.8 Å². The van der Waals surface area contributed by atoms with Crippen LogP contribution >= 0.6 is 0 Å². The second-order valence-electron chi connectivity index (χ2n) is 6.22. The van der Waals surface area contributed by atoms with Crippen molar-refractivity contribution in [1.82, 2.24) is 5.32 Å². The van der Waals surface area contributed by atoms with E-state index in [4.69, 9.17) is 5.73 Å². The minimum atomic E-state index is -0.274. The minimum absolute atomic E-state index is 0.151. The monoisotopic (exact) mass is 240 g/mol. The van der Waals surface area contributed by atoms with Gasteiger partial charge in [-0.05, 0) is 25.7 Å². The zero-order valence-corrected chi connectivity index (χ0v) is 11.6. The fraction of sp³-hybridized carbons (Fsp3) is 0.929. The molecule has 0 spiro atoms. The summed E-state index contributed by atoms with van der Waals surface area (Å²) in [7, 11) is 0. The minimum Gasteiger partial charge on any atom is -0.350 e. The molecule has 3 nitrogen and oxygen atoms in total. The lowest BCUT2D eigenvalue weighted by molar-refractivity contribution is -0.123. The van der Waals surface area contributed by atoms with Crippen LogP contribution in [-0.2, 0) is 4.79 Å². The molecule has 0 aliphatic heterocycles. The smallest absolute Gasteiger partial charge is 0.220 e. The molecular formula is C14H28N2O. The maximum absolute atomic E-state index is 11.9. The van der Waals surface area contributed by atoms with Gasteiger partial charge >= 0.3 is 0 Å². The van der Waals surface area contributed by atoms with Crippen LogP contribution in [0.1, 0.15) is 59.3 Å². The summed E-state index contributed by atoms with van der Waals surface area (Å²) in [5.74, 6) is 1.40. The lowest BCUT2D eigenvalue weighted by Crippen LogP contribution is -2.49. The number of rotatable bonds is 5. The molecule has 1 fully saturated rings. The topological polar surface area (TPSA) is 55.1 Å². The molecule has 100 valence electrons. The third-order valence-corrected chi connectivity index (χ3v) is 3.95. The molecule has 1 aliphatic rings. The Labute approximate surface area is 106 Å². The normalized spacial score (nSPS) is 20.0. The number of nitrogens with one attached hydrogen (secondary N) is 1. The summed E-state index contributed by atoms with van der Waals surface area (Å²) >= 11 is 0. The Balaban J connectivity index is 2.34. The Hall–Kier alpha value is -0.570. The number of nitrogens with two attached hydrogens (primary N) is 1. The van der Waals surface area contributed by atoms with Crippen molar-refractivity contribution >= 4 is 5.91 Å². The molecule has 0 aromatic heterocycles. The predicted molar refractivity (Wildman–Crippen MR) is 71.6 cm³/mol. The summed E-state index contributed by atoms with van der Waals surface area (Å²) in [6, 6.07) is 0. The summed E-state index contributed by atoms with van der Waals surface area (Å²) in [6.07, 6.45) is 7.29. The van der Waals surface area contributed by atoms with Gasteiger partial charge in [0.15, 0.2) is 0 Å². The number of amides is 1. The molecule has 3 N–H and O–H groups in total. The predicted octanol–water partition coefficient (Wildman–Crippen LogP) is 2.45. The molecule has 17 heavy (non-hydrogen) atoms. The van der Waals surface area contributed by atoms with Crippen LogP contribution in [0.2, 0.25) is 0 Å². The van der Waals surface area contributed by atoms with E-state index in [1.165, 1.54) is 32.1 Å². The quantitative estimate of drug-likeness (QED) is 0.775. The largest absolute Gasteiger partial charge is 0.350 e. The number of hydrogen-bond donors (Lipinski definition) is 2. The van der Waals surface area contributed by atoms with Gasteiger partial charge < -0.3 is 11.1 Å². The van der Waals surface area contributed by atoms with Gasteiger partial charge in [0.1, 0.15) is 0 Å². The van der Waals surface area contributed by atoms with Gasteiger partial charge in [-0.15, -0.1) is 0 Å². The summed E-state index contributed by atoms with van der Waals surface area (Å²) < 4.78 is 0. The van der Waals surface area contributed by atoms with Crippen LogP contribution in [-0.4, -0.2) is 18.0 Å². The van der Waals surface area contributed by atoms with Crippen molar-refractivity contribution in [3.8, 4) is 0 Å². The first-order chi connectivity index (χ1) is 7.94. The van der Waals surface area contributed by atoms with E-state index >= 15 is 0 Å². The van der Waals surface area contributed by atoms with Crippen molar-refractivity contribution in [3.05, 3.63) is 0 Å². The van der Waals surface area contributed by atoms with E-state index in [2.05, 4.69) is 12.2 Å². The van der Waals surface area contributed by atoms with Crippen LogP contribution in [0.25, 0.3) is 0 Å². The number of carbonyl (C=O) groups excluding carboxylic acids is 1. The van der Waals surface area contributed by atoms with E-state index in [-0.39, 0.29) is 11.4 Å². The highest BCUT2D eigenvalue weighted by Crippen LogP contribution is 2.31. The van der Waals surface area contributed by atoms with Crippen LogP contribution in [0, 0.1) is 11.8 Å². The second-order valence-corrected chi connectivity index (χ2v) is 6.22. The van der Waals surface area contributed by atoms with Crippen molar-refractivity contribution in [1.29, 1.82) is 0 Å². The maximum Gasteiger partial charge on any atom is 0.220 e. The third-order valence-electron chi connectivity index (χ3n) is 3.95. The summed E-state index contributed by atoms with van der Waals surface area (Å²) in [4.78, 5) is 11.9. The van der Waals surface area contributed by atoms with Crippen molar-refractivity contribution < 1.29 is 4.79 Å². The highest BCUT2D eigenvalue weighted by Gasteiger charge is 2.24. The summed E-state index contributed by atoms with van der Waals surface area (Å²) in [5, 5.41) is 3.01. The molecule has 1 amide bonds. The SMILES string of the molecule is CC(CC(=O)NC(C)(C)CN)C1CCCCC1. The van der Waals surface area contributed by atoms with Crippen molar-refractivity contribution in [3.63, 3.8) is 0 Å². The highest BCUT2D eigenvalue weighted by molar-refractivity contribution is 5.77. The first kappa shape index (κ1) is 14.5. The molecule has 3 heteroatoms. The molecule has 1 aliphatic carbocycles. The van der Waals surface area contributed by atoms with Gasteiger partial charge in [-0.2, -0.15) is 0 Å². The molecule has 1 atom stereocenters. The average Bonchev–Trinajstić information content (AvgIpc) is 2.29. The molecule has 1 saturated carbocycles. The number of hydrogen-bond acceptors (Lipinski definition) is 2. The number of carbonyl (C=O) groups is 1. The van der Waals surface area contributed by atoms with Gasteiger partial charge in [-0.25, -0.2) is 0 Å². The summed E-state index contributed by atoms with van der Waals surface area (Å²) in [6.45, 7) is 6.63. The molecule has 1 unspecified atom stereocenters. The molecule has 1 rings (SSSR count). The Morgan fingerprint density at radius 2 is 1.94 bits per heavy atom. The van der Waals surface area contributed by atoms with Gasteiger partial charge in [0.2, 0.25) is 5.91 Å². The second kappa shape index (κ2) is 6.39. The van der Waals surface area contributed by atoms with E-state index in [1.54, 1.807) is 0 Å². The third kappa shape index (κ3) is 5.07. The van der Waals surface area contributed by atoms with Gasteiger partial charge in [0.25, 0.3) is 0 Å². The van der Waals surface area contributed by atoms with Crippen LogP contribution in [0.3, 0.4) is 0 Å². The van der Waals surface area contributed by atoms with E-state index in [0.717, 1.165) is 5.92 Å². The van der Waals surface area contributed by atoms with Crippen LogP contribution < -0.4 is 11.1 Å². The molecule has 0 heterocycles. The van der Waals surface area contributed by atoms with Gasteiger partial charge in [0.05, 0.1) is 0 Å². The van der Waals surface area contributed by atoms with Gasteiger partial charge in [-0.3, -0.25) is 4.79 Å². The Morgan fingerprint density at radius 3 is 2.47 bits per heavy atom. The van der Waals surface area contributed by atoms with Crippen LogP contribution in [0.5, 0.6) is 0 Å².